The summed E-state index contributed by atoms with van der Waals surface area (Å²) >= 11 is 0. The minimum Gasteiger partial charge on any atom is -0.493 e. The predicted molar refractivity (Wildman–Crippen MR) is 123 cm³/mol. The van der Waals surface area contributed by atoms with Gasteiger partial charge in [0.1, 0.15) is 0 Å². The van der Waals surface area contributed by atoms with Crippen LogP contribution in [-0.2, 0) is 14.8 Å². The quantitative estimate of drug-likeness (QED) is 0.406. The van der Waals surface area contributed by atoms with Crippen LogP contribution in [0.2, 0.25) is 0 Å². The molecule has 1 amide bonds. The third kappa shape index (κ3) is 5.38. The Bertz CT molecular complexity index is 1140. The Hall–Kier alpha value is -3.42. The summed E-state index contributed by atoms with van der Waals surface area (Å²) in [7, 11) is 0.391. The fourth-order valence-electron chi connectivity index (χ4n) is 3.65. The standard InChI is InChI=1S/C21H26N4O8S/c1-31-17-12-15(13-18(32-2)21(17)33-3)22-20(26)14-23-8-10-24(11-9-23)34(29,30)19-7-5-4-6-16(19)25(27)28/h4-7,12-13H,8-11,14H2,1-3H3,(H,22,26). The Kier molecular flexibility index (Phi) is 7.91. The van der Waals surface area contributed by atoms with Crippen molar-refractivity contribution in [2.75, 3.05) is 59.4 Å². The van der Waals surface area contributed by atoms with E-state index in [2.05, 4.69) is 5.32 Å². The second-order valence-electron chi connectivity index (χ2n) is 7.37. The Balaban J connectivity index is 1.63. The van der Waals surface area contributed by atoms with E-state index in [1.165, 1.54) is 43.8 Å². The molecule has 1 N–H and O–H groups in total. The van der Waals surface area contributed by atoms with E-state index in [1.54, 1.807) is 17.0 Å². The first kappa shape index (κ1) is 25.2. The molecule has 0 atom stereocenters. The van der Waals surface area contributed by atoms with Crippen molar-refractivity contribution in [3.8, 4) is 17.2 Å². The molecule has 0 unspecified atom stereocenters. The normalized spacial score (nSPS) is 14.9. The Morgan fingerprint density at radius 3 is 2.15 bits per heavy atom. The lowest BCUT2D eigenvalue weighted by Crippen LogP contribution is -2.50. The highest BCUT2D eigenvalue weighted by Gasteiger charge is 2.33. The minimum absolute atomic E-state index is 0.0377. The van der Waals surface area contributed by atoms with E-state index in [-0.39, 0.29) is 30.4 Å². The van der Waals surface area contributed by atoms with Gasteiger partial charge in [-0.2, -0.15) is 4.31 Å². The summed E-state index contributed by atoms with van der Waals surface area (Å²) < 4.78 is 42.9. The van der Waals surface area contributed by atoms with Crippen molar-refractivity contribution >= 4 is 27.3 Å². The number of carbonyl (C=O) groups excluding carboxylic acids is 1. The van der Waals surface area contributed by atoms with Crippen LogP contribution >= 0.6 is 0 Å². The molecule has 2 aromatic rings. The number of hydrogen-bond donors (Lipinski definition) is 1. The monoisotopic (exact) mass is 494 g/mol. The van der Waals surface area contributed by atoms with Crippen molar-refractivity contribution in [2.24, 2.45) is 0 Å². The zero-order valence-corrected chi connectivity index (χ0v) is 19.8. The Morgan fingerprint density at radius 2 is 1.62 bits per heavy atom. The summed E-state index contributed by atoms with van der Waals surface area (Å²) in [6.07, 6.45) is 0. The first-order valence-corrected chi connectivity index (χ1v) is 11.7. The smallest absolute Gasteiger partial charge is 0.289 e. The number of nitrogens with one attached hydrogen (secondary N) is 1. The van der Waals surface area contributed by atoms with Crippen LogP contribution in [0.15, 0.2) is 41.3 Å². The molecule has 1 saturated heterocycles. The van der Waals surface area contributed by atoms with Gasteiger partial charge in [0.25, 0.3) is 5.69 Å². The van der Waals surface area contributed by atoms with Gasteiger partial charge in [0.15, 0.2) is 16.4 Å². The van der Waals surface area contributed by atoms with E-state index >= 15 is 0 Å². The van der Waals surface area contributed by atoms with Crippen molar-refractivity contribution in [3.63, 3.8) is 0 Å². The number of methoxy groups -OCH3 is 3. The molecule has 0 radical (unpaired) electrons. The average Bonchev–Trinajstić information content (AvgIpc) is 2.83. The number of benzene rings is 2. The molecule has 12 nitrogen and oxygen atoms in total. The van der Waals surface area contributed by atoms with Crippen molar-refractivity contribution in [3.05, 3.63) is 46.5 Å². The maximum atomic E-state index is 12.9. The van der Waals surface area contributed by atoms with Gasteiger partial charge in [-0.1, -0.05) is 12.1 Å². The molecule has 1 aliphatic rings. The maximum Gasteiger partial charge on any atom is 0.289 e. The first-order chi connectivity index (χ1) is 16.2. The number of sulfonamides is 1. The highest BCUT2D eigenvalue weighted by Crippen LogP contribution is 2.39. The van der Waals surface area contributed by atoms with Gasteiger partial charge in [-0.05, 0) is 6.07 Å². The van der Waals surface area contributed by atoms with E-state index in [4.69, 9.17) is 14.2 Å². The minimum atomic E-state index is -4.04. The number of piperazine rings is 1. The number of carbonyl (C=O) groups is 1. The molecule has 0 aliphatic carbocycles. The number of rotatable bonds is 9. The topological polar surface area (TPSA) is 141 Å². The van der Waals surface area contributed by atoms with Crippen LogP contribution in [0, 0.1) is 10.1 Å². The van der Waals surface area contributed by atoms with Crippen molar-refractivity contribution in [2.45, 2.75) is 4.90 Å². The molecule has 13 heteroatoms. The second-order valence-corrected chi connectivity index (χ2v) is 9.27. The number of hydrogen-bond acceptors (Lipinski definition) is 9. The number of para-hydroxylation sites is 1. The van der Waals surface area contributed by atoms with Crippen molar-refractivity contribution in [1.29, 1.82) is 0 Å². The zero-order chi connectivity index (χ0) is 24.9. The molecule has 1 fully saturated rings. The molecule has 0 spiro atoms. The molecule has 1 heterocycles. The summed E-state index contributed by atoms with van der Waals surface area (Å²) in [6.45, 7) is 0.832. The lowest BCUT2D eigenvalue weighted by atomic mass is 10.2. The summed E-state index contributed by atoms with van der Waals surface area (Å²) in [6, 6.07) is 8.47. The third-order valence-corrected chi connectivity index (χ3v) is 7.27. The van der Waals surface area contributed by atoms with Gasteiger partial charge in [0, 0.05) is 50.1 Å². The predicted octanol–water partition coefficient (Wildman–Crippen LogP) is 1.57. The molecule has 2 aromatic carbocycles. The average molecular weight is 495 g/mol. The van der Waals surface area contributed by atoms with E-state index in [1.807, 2.05) is 0 Å². The Labute approximate surface area is 197 Å². The molecule has 0 saturated carbocycles. The summed E-state index contributed by atoms with van der Waals surface area (Å²) in [5.74, 6) is 0.889. The van der Waals surface area contributed by atoms with Crippen molar-refractivity contribution in [1.82, 2.24) is 9.21 Å². The molecule has 184 valence electrons. The van der Waals surface area contributed by atoms with Crippen LogP contribution < -0.4 is 19.5 Å². The van der Waals surface area contributed by atoms with Crippen LogP contribution in [0.5, 0.6) is 17.2 Å². The van der Waals surface area contributed by atoms with E-state index < -0.39 is 20.6 Å². The van der Waals surface area contributed by atoms with Gasteiger partial charge in [-0.3, -0.25) is 19.8 Å². The maximum absolute atomic E-state index is 12.9. The SMILES string of the molecule is COc1cc(NC(=O)CN2CCN(S(=O)(=O)c3ccccc3[N+](=O)[O-])CC2)cc(OC)c1OC. The van der Waals surface area contributed by atoms with Crippen molar-refractivity contribution < 1.29 is 32.3 Å². The van der Waals surface area contributed by atoms with Crippen LogP contribution in [0.3, 0.4) is 0 Å². The molecule has 1 aliphatic heterocycles. The molecular weight excluding hydrogens is 468 g/mol. The zero-order valence-electron chi connectivity index (χ0n) is 19.0. The summed E-state index contributed by atoms with van der Waals surface area (Å²) in [4.78, 5) is 24.6. The number of anilines is 1. The Morgan fingerprint density at radius 1 is 1.03 bits per heavy atom. The lowest BCUT2D eigenvalue weighted by molar-refractivity contribution is -0.387. The molecule has 3 rings (SSSR count). The highest BCUT2D eigenvalue weighted by molar-refractivity contribution is 7.89. The van der Waals surface area contributed by atoms with Crippen LogP contribution in [0.25, 0.3) is 0 Å². The van der Waals surface area contributed by atoms with Gasteiger partial charge in [-0.25, -0.2) is 8.42 Å². The first-order valence-electron chi connectivity index (χ1n) is 10.3. The number of amides is 1. The summed E-state index contributed by atoms with van der Waals surface area (Å²) in [5.41, 5.74) is -0.00763. The molecule has 0 aromatic heterocycles. The van der Waals surface area contributed by atoms with Crippen LogP contribution in [-0.4, -0.2) is 82.5 Å². The largest absolute Gasteiger partial charge is 0.493 e. The number of ether oxygens (including phenoxy) is 3. The molecule has 0 bridgehead atoms. The second kappa shape index (κ2) is 10.7. The van der Waals surface area contributed by atoms with E-state index in [0.29, 0.717) is 36.0 Å². The fraction of sp³-hybridized carbons (Fsp3) is 0.381. The van der Waals surface area contributed by atoms with E-state index in [9.17, 15) is 23.3 Å². The lowest BCUT2D eigenvalue weighted by Gasteiger charge is -2.33. The fourth-order valence-corrected chi connectivity index (χ4v) is 5.23. The van der Waals surface area contributed by atoms with Gasteiger partial charge >= 0.3 is 0 Å². The molecular formula is C21H26N4O8S. The summed E-state index contributed by atoms with van der Waals surface area (Å²) in [5, 5.41) is 14.0. The molecule has 34 heavy (non-hydrogen) atoms. The van der Waals surface area contributed by atoms with Crippen LogP contribution in [0.4, 0.5) is 11.4 Å². The van der Waals surface area contributed by atoms with Gasteiger partial charge in [0.05, 0.1) is 32.8 Å². The van der Waals surface area contributed by atoms with Gasteiger partial charge in [-0.15, -0.1) is 0 Å². The van der Waals surface area contributed by atoms with E-state index in [0.717, 1.165) is 6.07 Å². The number of nitro benzene ring substituents is 1. The number of nitrogens with zero attached hydrogens (tertiary/aromatic N) is 3. The van der Waals surface area contributed by atoms with Gasteiger partial charge < -0.3 is 19.5 Å². The highest BCUT2D eigenvalue weighted by atomic mass is 32.2. The van der Waals surface area contributed by atoms with Crippen LogP contribution in [0.1, 0.15) is 0 Å². The number of nitro groups is 1. The van der Waals surface area contributed by atoms with Gasteiger partial charge in [0.2, 0.25) is 21.7 Å². The third-order valence-electron chi connectivity index (χ3n) is 5.33.